The molecule has 0 saturated carbocycles. The Hall–Kier alpha value is -1.45. The zero-order valence-electron chi connectivity index (χ0n) is 9.13. The van der Waals surface area contributed by atoms with E-state index in [-0.39, 0.29) is 12.8 Å². The zero-order chi connectivity index (χ0) is 11.8. The molecule has 0 aromatic carbocycles. The molecule has 86 valence electrons. The molecule has 0 amide bonds. The molecule has 1 aromatic rings. The molecular weight excluding hydrogens is 210 g/mol. The molecule has 2 rings (SSSR count). The molecule has 0 unspecified atom stereocenters. The highest BCUT2D eigenvalue weighted by molar-refractivity contribution is 5.65. The van der Waals surface area contributed by atoms with Gasteiger partial charge in [0.05, 0.1) is 5.69 Å². The van der Waals surface area contributed by atoms with E-state index < -0.39 is 5.92 Å². The van der Waals surface area contributed by atoms with Crippen LogP contribution in [-0.2, 0) is 0 Å². The van der Waals surface area contributed by atoms with Gasteiger partial charge in [-0.05, 0) is 30.5 Å². The Kier molecular flexibility index (Phi) is 2.66. The minimum absolute atomic E-state index is 0.103. The Morgan fingerprint density at radius 1 is 1.38 bits per heavy atom. The van der Waals surface area contributed by atoms with Gasteiger partial charge in [-0.1, -0.05) is 12.1 Å². The molecule has 1 aliphatic carbocycles. The quantitative estimate of drug-likeness (QED) is 0.795. The lowest BCUT2D eigenvalue weighted by Crippen LogP contribution is -2.18. The topological polar surface area (TPSA) is 38.9 Å². The van der Waals surface area contributed by atoms with Crippen LogP contribution < -0.4 is 5.73 Å². The SMILES string of the molecule is Cc1ccc(C2=CCC(F)(F)CC2)nc1N. The fourth-order valence-corrected chi connectivity index (χ4v) is 1.75. The predicted octanol–water partition coefficient (Wildman–Crippen LogP) is 3.17. The second-order valence-electron chi connectivity index (χ2n) is 4.19. The molecule has 16 heavy (non-hydrogen) atoms. The average molecular weight is 224 g/mol. The van der Waals surface area contributed by atoms with Crippen molar-refractivity contribution in [2.45, 2.75) is 32.1 Å². The lowest BCUT2D eigenvalue weighted by Gasteiger charge is -2.21. The minimum Gasteiger partial charge on any atom is -0.383 e. The number of nitrogen functional groups attached to an aromatic ring is 1. The number of aromatic nitrogens is 1. The normalized spacial score (nSPS) is 19.3. The van der Waals surface area contributed by atoms with Crippen LogP contribution in [0.4, 0.5) is 14.6 Å². The third-order valence-electron chi connectivity index (χ3n) is 2.87. The first-order chi connectivity index (χ1) is 7.48. The summed E-state index contributed by atoms with van der Waals surface area (Å²) in [5.41, 5.74) is 8.20. The van der Waals surface area contributed by atoms with Crippen LogP contribution >= 0.6 is 0 Å². The van der Waals surface area contributed by atoms with Crippen molar-refractivity contribution >= 4 is 11.4 Å². The molecule has 0 aliphatic heterocycles. The van der Waals surface area contributed by atoms with Crippen LogP contribution in [0.5, 0.6) is 0 Å². The number of nitrogens with zero attached hydrogens (tertiary/aromatic N) is 1. The van der Waals surface area contributed by atoms with E-state index in [1.165, 1.54) is 0 Å². The summed E-state index contributed by atoms with van der Waals surface area (Å²) in [5, 5.41) is 0. The van der Waals surface area contributed by atoms with E-state index in [9.17, 15) is 8.78 Å². The predicted molar refractivity (Wildman–Crippen MR) is 60.2 cm³/mol. The Labute approximate surface area is 93.2 Å². The van der Waals surface area contributed by atoms with Gasteiger partial charge < -0.3 is 5.73 Å². The lowest BCUT2D eigenvalue weighted by molar-refractivity contribution is -0.00605. The number of hydrogen-bond donors (Lipinski definition) is 1. The van der Waals surface area contributed by atoms with Crippen molar-refractivity contribution in [2.24, 2.45) is 0 Å². The van der Waals surface area contributed by atoms with Crippen molar-refractivity contribution in [1.29, 1.82) is 0 Å². The van der Waals surface area contributed by atoms with Gasteiger partial charge in [-0.25, -0.2) is 13.8 Å². The average Bonchev–Trinajstić information content (AvgIpc) is 2.22. The summed E-state index contributed by atoms with van der Waals surface area (Å²) in [6, 6.07) is 3.70. The fourth-order valence-electron chi connectivity index (χ4n) is 1.75. The molecule has 0 spiro atoms. The van der Waals surface area contributed by atoms with Crippen LogP contribution in [0.15, 0.2) is 18.2 Å². The summed E-state index contributed by atoms with van der Waals surface area (Å²) in [6.45, 7) is 1.87. The van der Waals surface area contributed by atoms with Crippen molar-refractivity contribution in [3.8, 4) is 0 Å². The summed E-state index contributed by atoms with van der Waals surface area (Å²) >= 11 is 0. The first-order valence-electron chi connectivity index (χ1n) is 5.28. The van der Waals surface area contributed by atoms with Gasteiger partial charge in [0.15, 0.2) is 0 Å². The van der Waals surface area contributed by atoms with Crippen molar-refractivity contribution < 1.29 is 8.78 Å². The van der Waals surface area contributed by atoms with E-state index in [0.29, 0.717) is 12.2 Å². The number of rotatable bonds is 1. The Bertz CT molecular complexity index is 439. The maximum Gasteiger partial charge on any atom is 0.251 e. The second-order valence-corrected chi connectivity index (χ2v) is 4.19. The minimum atomic E-state index is -2.56. The van der Waals surface area contributed by atoms with Crippen LogP contribution in [0.2, 0.25) is 0 Å². The molecule has 4 heteroatoms. The monoisotopic (exact) mass is 224 g/mol. The first kappa shape index (κ1) is 11.0. The number of pyridine rings is 1. The zero-order valence-corrected chi connectivity index (χ0v) is 9.13. The van der Waals surface area contributed by atoms with Gasteiger partial charge in [0.25, 0.3) is 5.92 Å². The maximum atomic E-state index is 12.9. The van der Waals surface area contributed by atoms with E-state index in [1.807, 2.05) is 19.1 Å². The summed E-state index contributed by atoms with van der Waals surface area (Å²) in [7, 11) is 0. The Balaban J connectivity index is 2.26. The van der Waals surface area contributed by atoms with E-state index in [2.05, 4.69) is 4.98 Å². The van der Waals surface area contributed by atoms with E-state index in [1.54, 1.807) is 6.08 Å². The van der Waals surface area contributed by atoms with Gasteiger partial charge in [0, 0.05) is 12.8 Å². The van der Waals surface area contributed by atoms with Gasteiger partial charge in [0.1, 0.15) is 5.82 Å². The van der Waals surface area contributed by atoms with Crippen LogP contribution in [-0.4, -0.2) is 10.9 Å². The first-order valence-corrected chi connectivity index (χ1v) is 5.28. The van der Waals surface area contributed by atoms with Gasteiger partial charge in [-0.2, -0.15) is 0 Å². The highest BCUT2D eigenvalue weighted by Gasteiger charge is 2.31. The number of aryl methyl sites for hydroxylation is 1. The summed E-state index contributed by atoms with van der Waals surface area (Å²) < 4.78 is 25.9. The molecule has 0 radical (unpaired) electrons. The number of nitrogens with two attached hydrogens (primary N) is 1. The van der Waals surface area contributed by atoms with Crippen LogP contribution in [0, 0.1) is 6.92 Å². The van der Waals surface area contributed by atoms with Crippen molar-refractivity contribution in [3.05, 3.63) is 29.5 Å². The van der Waals surface area contributed by atoms with E-state index >= 15 is 0 Å². The van der Waals surface area contributed by atoms with Gasteiger partial charge in [0.2, 0.25) is 0 Å². The Morgan fingerprint density at radius 3 is 2.69 bits per heavy atom. The number of alkyl halides is 2. The summed E-state index contributed by atoms with van der Waals surface area (Å²) in [4.78, 5) is 4.21. The number of allylic oxidation sites excluding steroid dienone is 2. The lowest BCUT2D eigenvalue weighted by atomic mass is 9.94. The molecule has 0 fully saturated rings. The molecular formula is C12H14F2N2. The van der Waals surface area contributed by atoms with Crippen LogP contribution in [0.3, 0.4) is 0 Å². The highest BCUT2D eigenvalue weighted by atomic mass is 19.3. The molecule has 0 atom stereocenters. The number of anilines is 1. The Morgan fingerprint density at radius 2 is 2.12 bits per heavy atom. The molecule has 2 N–H and O–H groups in total. The third-order valence-corrected chi connectivity index (χ3v) is 2.87. The van der Waals surface area contributed by atoms with E-state index in [0.717, 1.165) is 16.8 Å². The van der Waals surface area contributed by atoms with Crippen LogP contribution in [0.1, 0.15) is 30.5 Å². The van der Waals surface area contributed by atoms with Gasteiger partial charge in [-0.3, -0.25) is 0 Å². The molecule has 2 nitrogen and oxygen atoms in total. The number of halogens is 2. The molecule has 0 saturated heterocycles. The van der Waals surface area contributed by atoms with Crippen LogP contribution in [0.25, 0.3) is 5.57 Å². The third kappa shape index (κ3) is 2.21. The molecule has 0 bridgehead atoms. The largest absolute Gasteiger partial charge is 0.383 e. The molecule has 1 aromatic heterocycles. The van der Waals surface area contributed by atoms with Crippen molar-refractivity contribution in [1.82, 2.24) is 4.98 Å². The summed E-state index contributed by atoms with van der Waals surface area (Å²) in [5.74, 6) is -2.09. The highest BCUT2D eigenvalue weighted by Crippen LogP contribution is 2.35. The number of hydrogen-bond acceptors (Lipinski definition) is 2. The smallest absolute Gasteiger partial charge is 0.251 e. The van der Waals surface area contributed by atoms with E-state index in [4.69, 9.17) is 5.73 Å². The van der Waals surface area contributed by atoms with Crippen molar-refractivity contribution in [2.75, 3.05) is 5.73 Å². The molecule has 1 aliphatic rings. The summed E-state index contributed by atoms with van der Waals surface area (Å²) in [6.07, 6.45) is 1.63. The fraction of sp³-hybridized carbons (Fsp3) is 0.417. The standard InChI is InChI=1S/C12H14F2N2/c1-8-2-3-10(16-11(8)15)9-4-6-12(13,14)7-5-9/h2-4H,5-7H2,1H3,(H2,15,16). The molecule has 1 heterocycles. The van der Waals surface area contributed by atoms with Gasteiger partial charge >= 0.3 is 0 Å². The van der Waals surface area contributed by atoms with Crippen molar-refractivity contribution in [3.63, 3.8) is 0 Å². The van der Waals surface area contributed by atoms with Gasteiger partial charge in [-0.15, -0.1) is 0 Å². The second kappa shape index (κ2) is 3.85. The maximum absolute atomic E-state index is 12.9.